The molecule has 1 aromatic heterocycles. The summed E-state index contributed by atoms with van der Waals surface area (Å²) in [6.07, 6.45) is 1.50. The van der Waals surface area contributed by atoms with Crippen LogP contribution in [0.15, 0.2) is 65.2 Å². The lowest BCUT2D eigenvalue weighted by Crippen LogP contribution is -2.13. The average molecular weight is 302 g/mol. The maximum Gasteiger partial charge on any atom is 0.148 e. The van der Waals surface area contributed by atoms with E-state index < -0.39 is 0 Å². The average Bonchev–Trinajstić information content (AvgIpc) is 2.90. The summed E-state index contributed by atoms with van der Waals surface area (Å²) in [4.78, 5) is 7.28. The quantitative estimate of drug-likeness (QED) is 0.392. The number of nitriles is 1. The predicted molar refractivity (Wildman–Crippen MR) is 91.3 cm³/mol. The van der Waals surface area contributed by atoms with Crippen LogP contribution in [0.1, 0.15) is 5.69 Å². The number of nitrogens with zero attached hydrogens (tertiary/aromatic N) is 2. The van der Waals surface area contributed by atoms with E-state index in [-0.39, 0.29) is 17.2 Å². The van der Waals surface area contributed by atoms with Crippen molar-refractivity contribution in [2.24, 2.45) is 10.7 Å². The van der Waals surface area contributed by atoms with Crippen molar-refractivity contribution >= 4 is 28.5 Å². The number of aliphatic imine (C=N–C) groups is 1. The SMILES string of the molecule is N#C/C(=C\c1[nH]c2ccccc2c1O)C(N)=Nc1ccccc1. The Morgan fingerprint density at radius 1 is 1.13 bits per heavy atom. The van der Waals surface area contributed by atoms with Crippen molar-refractivity contribution < 1.29 is 5.11 Å². The monoisotopic (exact) mass is 302 g/mol. The van der Waals surface area contributed by atoms with Gasteiger partial charge in [0.05, 0.1) is 17.0 Å². The summed E-state index contributed by atoms with van der Waals surface area (Å²) >= 11 is 0. The number of rotatable bonds is 3. The molecule has 0 spiro atoms. The van der Waals surface area contributed by atoms with Gasteiger partial charge in [-0.2, -0.15) is 5.26 Å². The first kappa shape index (κ1) is 14.4. The second-order valence-corrected chi connectivity index (χ2v) is 4.94. The van der Waals surface area contributed by atoms with Crippen LogP contribution in [0.4, 0.5) is 5.69 Å². The van der Waals surface area contributed by atoms with E-state index in [9.17, 15) is 10.4 Å². The summed E-state index contributed by atoms with van der Waals surface area (Å²) < 4.78 is 0. The maximum absolute atomic E-state index is 10.2. The summed E-state index contributed by atoms with van der Waals surface area (Å²) in [5.41, 5.74) is 7.96. The summed E-state index contributed by atoms with van der Waals surface area (Å²) in [5, 5.41) is 20.3. The topological polar surface area (TPSA) is 98.2 Å². The Kier molecular flexibility index (Phi) is 3.81. The normalized spacial score (nSPS) is 12.3. The first-order chi connectivity index (χ1) is 11.2. The summed E-state index contributed by atoms with van der Waals surface area (Å²) in [5.74, 6) is 0.178. The molecule has 0 aliphatic rings. The Hall–Kier alpha value is -3.52. The lowest BCUT2D eigenvalue weighted by Gasteiger charge is -1.99. The van der Waals surface area contributed by atoms with Crippen LogP contribution in [0.2, 0.25) is 0 Å². The minimum atomic E-state index is 0.0841. The lowest BCUT2D eigenvalue weighted by molar-refractivity contribution is 0.480. The number of hydrogen-bond donors (Lipinski definition) is 3. The number of nitrogens with one attached hydrogen (secondary N) is 1. The van der Waals surface area contributed by atoms with E-state index in [1.807, 2.05) is 42.5 Å². The Balaban J connectivity index is 2.03. The van der Waals surface area contributed by atoms with Crippen LogP contribution in [0.3, 0.4) is 0 Å². The third-order valence-corrected chi connectivity index (χ3v) is 3.40. The number of amidine groups is 1. The molecule has 3 aromatic rings. The van der Waals surface area contributed by atoms with E-state index in [0.717, 1.165) is 5.52 Å². The van der Waals surface area contributed by atoms with Crippen molar-refractivity contribution in [3.63, 3.8) is 0 Å². The largest absolute Gasteiger partial charge is 0.505 e. The number of hydrogen-bond acceptors (Lipinski definition) is 3. The molecule has 5 heteroatoms. The molecule has 0 aliphatic heterocycles. The molecular formula is C18H14N4O. The lowest BCUT2D eigenvalue weighted by atomic mass is 10.2. The summed E-state index contributed by atoms with van der Waals surface area (Å²) in [7, 11) is 0. The number of nitrogens with two attached hydrogens (primary N) is 1. The number of para-hydroxylation sites is 2. The molecule has 23 heavy (non-hydrogen) atoms. The van der Waals surface area contributed by atoms with Crippen LogP contribution >= 0.6 is 0 Å². The molecule has 0 radical (unpaired) electrons. The number of fused-ring (bicyclic) bond motifs is 1. The fourth-order valence-electron chi connectivity index (χ4n) is 2.26. The van der Waals surface area contributed by atoms with Gasteiger partial charge in [-0.15, -0.1) is 0 Å². The van der Waals surface area contributed by atoms with E-state index in [2.05, 4.69) is 9.98 Å². The van der Waals surface area contributed by atoms with Crippen LogP contribution in [0.5, 0.6) is 5.75 Å². The van der Waals surface area contributed by atoms with Crippen molar-refractivity contribution in [3.05, 3.63) is 65.9 Å². The second kappa shape index (κ2) is 6.08. The van der Waals surface area contributed by atoms with Crippen LogP contribution in [-0.2, 0) is 0 Å². The van der Waals surface area contributed by atoms with E-state index in [1.54, 1.807) is 18.2 Å². The molecular weight excluding hydrogens is 288 g/mol. The molecule has 3 rings (SSSR count). The zero-order chi connectivity index (χ0) is 16.2. The Morgan fingerprint density at radius 3 is 2.52 bits per heavy atom. The van der Waals surface area contributed by atoms with Crippen molar-refractivity contribution in [1.29, 1.82) is 5.26 Å². The van der Waals surface area contributed by atoms with Crippen LogP contribution in [0, 0.1) is 11.3 Å². The van der Waals surface area contributed by atoms with Gasteiger partial charge in [0.2, 0.25) is 0 Å². The molecule has 4 N–H and O–H groups in total. The second-order valence-electron chi connectivity index (χ2n) is 4.94. The standard InChI is InChI=1S/C18H14N4O/c19-11-12(18(20)21-13-6-2-1-3-7-13)10-16-17(23)14-8-4-5-9-15(14)22-16/h1-10,22-23H,(H2,20,21)/b12-10+. The zero-order valence-electron chi connectivity index (χ0n) is 12.2. The third-order valence-electron chi connectivity index (χ3n) is 3.40. The van der Waals surface area contributed by atoms with E-state index in [0.29, 0.717) is 16.8 Å². The molecule has 112 valence electrons. The minimum absolute atomic E-state index is 0.0841. The molecule has 0 saturated carbocycles. The molecule has 0 bridgehead atoms. The molecule has 1 heterocycles. The summed E-state index contributed by atoms with van der Waals surface area (Å²) in [6.45, 7) is 0. The Bertz CT molecular complexity index is 946. The highest BCUT2D eigenvalue weighted by Gasteiger charge is 2.10. The van der Waals surface area contributed by atoms with Gasteiger partial charge in [-0.05, 0) is 30.3 Å². The molecule has 0 fully saturated rings. The van der Waals surface area contributed by atoms with Gasteiger partial charge in [0.1, 0.15) is 17.7 Å². The molecule has 0 unspecified atom stereocenters. The number of aromatic hydroxyl groups is 1. The van der Waals surface area contributed by atoms with Gasteiger partial charge >= 0.3 is 0 Å². The number of H-pyrrole nitrogens is 1. The van der Waals surface area contributed by atoms with Gasteiger partial charge in [-0.25, -0.2) is 4.99 Å². The highest BCUT2D eigenvalue weighted by Crippen LogP contribution is 2.30. The van der Waals surface area contributed by atoms with Crippen molar-refractivity contribution in [1.82, 2.24) is 4.98 Å². The van der Waals surface area contributed by atoms with Gasteiger partial charge in [0.15, 0.2) is 0 Å². The first-order valence-corrected chi connectivity index (χ1v) is 7.00. The van der Waals surface area contributed by atoms with Crippen molar-refractivity contribution in [2.45, 2.75) is 0 Å². The Morgan fingerprint density at radius 2 is 1.83 bits per heavy atom. The predicted octanol–water partition coefficient (Wildman–Crippen LogP) is 3.47. The molecule has 0 amide bonds. The Labute approximate surface area is 133 Å². The van der Waals surface area contributed by atoms with Gasteiger partial charge in [0, 0.05) is 10.9 Å². The van der Waals surface area contributed by atoms with Gasteiger partial charge in [-0.3, -0.25) is 0 Å². The van der Waals surface area contributed by atoms with Crippen LogP contribution < -0.4 is 5.73 Å². The van der Waals surface area contributed by atoms with Gasteiger partial charge < -0.3 is 15.8 Å². The highest BCUT2D eigenvalue weighted by atomic mass is 16.3. The van der Waals surface area contributed by atoms with E-state index in [1.165, 1.54) is 6.08 Å². The number of benzene rings is 2. The molecule has 0 atom stereocenters. The van der Waals surface area contributed by atoms with Crippen molar-refractivity contribution in [3.8, 4) is 11.8 Å². The van der Waals surface area contributed by atoms with Gasteiger partial charge in [-0.1, -0.05) is 30.3 Å². The maximum atomic E-state index is 10.2. The van der Waals surface area contributed by atoms with Crippen molar-refractivity contribution in [2.75, 3.05) is 0 Å². The fourth-order valence-corrected chi connectivity index (χ4v) is 2.26. The number of aromatic amines is 1. The van der Waals surface area contributed by atoms with Crippen LogP contribution in [0.25, 0.3) is 17.0 Å². The van der Waals surface area contributed by atoms with Gasteiger partial charge in [0.25, 0.3) is 0 Å². The molecule has 0 aliphatic carbocycles. The smallest absolute Gasteiger partial charge is 0.148 e. The van der Waals surface area contributed by atoms with Crippen LogP contribution in [-0.4, -0.2) is 15.9 Å². The van der Waals surface area contributed by atoms with E-state index in [4.69, 9.17) is 5.73 Å². The first-order valence-electron chi connectivity index (χ1n) is 7.00. The fraction of sp³-hybridized carbons (Fsp3) is 0. The third kappa shape index (κ3) is 2.92. The number of aromatic nitrogens is 1. The molecule has 0 saturated heterocycles. The highest BCUT2D eigenvalue weighted by molar-refractivity contribution is 6.06. The van der Waals surface area contributed by atoms with E-state index >= 15 is 0 Å². The molecule has 2 aromatic carbocycles. The summed E-state index contributed by atoms with van der Waals surface area (Å²) in [6, 6.07) is 18.5. The minimum Gasteiger partial charge on any atom is -0.505 e. The zero-order valence-corrected chi connectivity index (χ0v) is 12.2. The molecule has 5 nitrogen and oxygen atoms in total.